The van der Waals surface area contributed by atoms with E-state index in [2.05, 4.69) is 15.5 Å². The van der Waals surface area contributed by atoms with Crippen LogP contribution in [-0.2, 0) is 16.1 Å². The van der Waals surface area contributed by atoms with Crippen molar-refractivity contribution in [2.45, 2.75) is 44.7 Å². The number of carbonyl (C=O) groups is 2. The van der Waals surface area contributed by atoms with E-state index in [-0.39, 0.29) is 17.9 Å². The van der Waals surface area contributed by atoms with E-state index in [0.29, 0.717) is 25.9 Å². The van der Waals surface area contributed by atoms with Crippen LogP contribution in [-0.4, -0.2) is 67.5 Å². The monoisotopic (exact) mass is 292 g/mol. The molecule has 0 N–H and O–H groups in total. The Morgan fingerprint density at radius 2 is 2.24 bits per heavy atom. The van der Waals surface area contributed by atoms with Crippen molar-refractivity contribution >= 4 is 11.8 Å². The van der Waals surface area contributed by atoms with Crippen molar-refractivity contribution in [2.24, 2.45) is 0 Å². The van der Waals surface area contributed by atoms with E-state index in [1.807, 2.05) is 9.80 Å². The zero-order valence-corrected chi connectivity index (χ0v) is 12.0. The second-order valence-corrected chi connectivity index (χ2v) is 5.65. The second-order valence-electron chi connectivity index (χ2n) is 5.65. The maximum absolute atomic E-state index is 12.3. The standard InChI is InChI=1S/C13H20N6O2/c20-12(5-8-18-10-14-15-16-18)17-6-1-3-11(9-17)19-7-2-4-13(19)21/h10-11H,1-9H2/t11-/m0/s1. The van der Waals surface area contributed by atoms with Gasteiger partial charge < -0.3 is 9.80 Å². The van der Waals surface area contributed by atoms with E-state index >= 15 is 0 Å². The van der Waals surface area contributed by atoms with E-state index in [4.69, 9.17) is 0 Å². The Morgan fingerprint density at radius 3 is 2.95 bits per heavy atom. The van der Waals surface area contributed by atoms with Crippen LogP contribution in [0.2, 0.25) is 0 Å². The quantitative estimate of drug-likeness (QED) is 0.759. The van der Waals surface area contributed by atoms with Gasteiger partial charge in [-0.15, -0.1) is 5.10 Å². The highest BCUT2D eigenvalue weighted by atomic mass is 16.2. The Morgan fingerprint density at radius 1 is 1.33 bits per heavy atom. The molecule has 2 fully saturated rings. The van der Waals surface area contributed by atoms with Crippen molar-refractivity contribution < 1.29 is 9.59 Å². The zero-order chi connectivity index (χ0) is 14.7. The number of aromatic nitrogens is 4. The van der Waals surface area contributed by atoms with Gasteiger partial charge in [0.15, 0.2) is 0 Å². The van der Waals surface area contributed by atoms with E-state index in [0.717, 1.165) is 32.4 Å². The van der Waals surface area contributed by atoms with Crippen LogP contribution in [0.1, 0.15) is 32.1 Å². The number of hydrogen-bond acceptors (Lipinski definition) is 5. The molecule has 0 bridgehead atoms. The van der Waals surface area contributed by atoms with Crippen molar-refractivity contribution in [3.63, 3.8) is 0 Å². The lowest BCUT2D eigenvalue weighted by atomic mass is 10.0. The van der Waals surface area contributed by atoms with E-state index in [1.54, 1.807) is 4.68 Å². The van der Waals surface area contributed by atoms with Gasteiger partial charge in [-0.1, -0.05) is 0 Å². The summed E-state index contributed by atoms with van der Waals surface area (Å²) in [5.41, 5.74) is 0. The van der Waals surface area contributed by atoms with Crippen molar-refractivity contribution in [1.29, 1.82) is 0 Å². The number of carbonyl (C=O) groups excluding carboxylic acids is 2. The highest BCUT2D eigenvalue weighted by Crippen LogP contribution is 2.21. The molecular formula is C13H20N6O2. The van der Waals surface area contributed by atoms with Crippen molar-refractivity contribution in [3.8, 4) is 0 Å². The molecule has 114 valence electrons. The maximum atomic E-state index is 12.3. The Kier molecular flexibility index (Phi) is 4.12. The van der Waals surface area contributed by atoms with Gasteiger partial charge in [0.05, 0.1) is 6.54 Å². The smallest absolute Gasteiger partial charge is 0.224 e. The molecule has 0 saturated carbocycles. The normalized spacial score (nSPS) is 22.9. The molecule has 21 heavy (non-hydrogen) atoms. The van der Waals surface area contributed by atoms with E-state index < -0.39 is 0 Å². The molecule has 1 aromatic rings. The van der Waals surface area contributed by atoms with Crippen LogP contribution in [0.4, 0.5) is 0 Å². The molecule has 0 aromatic carbocycles. The molecule has 1 aromatic heterocycles. The van der Waals surface area contributed by atoms with Crippen LogP contribution in [0.25, 0.3) is 0 Å². The SMILES string of the molecule is O=C(CCn1cnnn1)N1CCC[C@H](N2CCCC2=O)C1. The molecule has 0 aliphatic carbocycles. The average molecular weight is 292 g/mol. The third-order valence-corrected chi connectivity index (χ3v) is 4.25. The first kappa shape index (κ1) is 14.0. The number of tetrazole rings is 1. The molecule has 8 heteroatoms. The first-order chi connectivity index (χ1) is 10.2. The number of aryl methyl sites for hydroxylation is 1. The summed E-state index contributed by atoms with van der Waals surface area (Å²) in [4.78, 5) is 27.9. The summed E-state index contributed by atoms with van der Waals surface area (Å²) < 4.78 is 1.56. The fourth-order valence-corrected chi connectivity index (χ4v) is 3.14. The molecule has 1 atom stereocenters. The minimum atomic E-state index is 0.113. The van der Waals surface area contributed by atoms with Gasteiger partial charge in [-0.2, -0.15) is 0 Å². The van der Waals surface area contributed by atoms with Gasteiger partial charge in [0.1, 0.15) is 6.33 Å². The Labute approximate surface area is 123 Å². The lowest BCUT2D eigenvalue weighted by Gasteiger charge is -2.37. The number of amides is 2. The van der Waals surface area contributed by atoms with Gasteiger partial charge in [-0.25, -0.2) is 4.68 Å². The number of rotatable bonds is 4. The molecule has 2 aliphatic heterocycles. The summed E-state index contributed by atoms with van der Waals surface area (Å²) in [6.45, 7) is 2.79. The molecule has 8 nitrogen and oxygen atoms in total. The van der Waals surface area contributed by atoms with Gasteiger partial charge in [-0.05, 0) is 29.7 Å². The molecule has 3 heterocycles. The molecule has 0 unspecified atom stereocenters. The summed E-state index contributed by atoms with van der Waals surface area (Å²) in [6.07, 6.45) is 5.47. The lowest BCUT2D eigenvalue weighted by molar-refractivity contribution is -0.137. The first-order valence-corrected chi connectivity index (χ1v) is 7.52. The number of likely N-dealkylation sites (tertiary alicyclic amines) is 2. The molecule has 2 amide bonds. The number of nitrogens with zero attached hydrogens (tertiary/aromatic N) is 6. The van der Waals surface area contributed by atoms with Crippen LogP contribution >= 0.6 is 0 Å². The van der Waals surface area contributed by atoms with Crippen LogP contribution in [0.3, 0.4) is 0 Å². The maximum Gasteiger partial charge on any atom is 0.224 e. The summed E-state index contributed by atoms with van der Waals surface area (Å²) in [5, 5.41) is 10.9. The molecule has 3 rings (SSSR count). The van der Waals surface area contributed by atoms with Crippen LogP contribution in [0, 0.1) is 0 Å². The minimum absolute atomic E-state index is 0.113. The van der Waals surface area contributed by atoms with Crippen LogP contribution < -0.4 is 0 Å². The number of piperidine rings is 1. The van der Waals surface area contributed by atoms with Gasteiger partial charge in [0, 0.05) is 38.5 Å². The predicted molar refractivity (Wildman–Crippen MR) is 73.0 cm³/mol. The predicted octanol–water partition coefficient (Wildman–Crippen LogP) is -0.323. The third kappa shape index (κ3) is 3.20. The van der Waals surface area contributed by atoms with Crippen molar-refractivity contribution in [2.75, 3.05) is 19.6 Å². The van der Waals surface area contributed by atoms with Gasteiger partial charge in [-0.3, -0.25) is 9.59 Å². The van der Waals surface area contributed by atoms with Crippen LogP contribution in [0.15, 0.2) is 6.33 Å². The van der Waals surface area contributed by atoms with Crippen molar-refractivity contribution in [1.82, 2.24) is 30.0 Å². The molecule has 0 radical (unpaired) electrons. The molecule has 2 aliphatic rings. The van der Waals surface area contributed by atoms with Gasteiger partial charge >= 0.3 is 0 Å². The third-order valence-electron chi connectivity index (χ3n) is 4.25. The van der Waals surface area contributed by atoms with E-state index in [9.17, 15) is 9.59 Å². The Balaban J connectivity index is 1.52. The topological polar surface area (TPSA) is 84.2 Å². The molecule has 2 saturated heterocycles. The van der Waals surface area contributed by atoms with Gasteiger partial charge in [0.25, 0.3) is 0 Å². The minimum Gasteiger partial charge on any atom is -0.341 e. The number of hydrogen-bond donors (Lipinski definition) is 0. The highest BCUT2D eigenvalue weighted by Gasteiger charge is 2.32. The first-order valence-electron chi connectivity index (χ1n) is 7.52. The fraction of sp³-hybridized carbons (Fsp3) is 0.769. The summed E-state index contributed by atoms with van der Waals surface area (Å²) in [6, 6.07) is 0.200. The van der Waals surface area contributed by atoms with Crippen LogP contribution in [0.5, 0.6) is 0 Å². The summed E-state index contributed by atoms with van der Waals surface area (Å²) in [5.74, 6) is 0.352. The molecule has 0 spiro atoms. The zero-order valence-electron chi connectivity index (χ0n) is 12.0. The fourth-order valence-electron chi connectivity index (χ4n) is 3.14. The second kappa shape index (κ2) is 6.19. The summed E-state index contributed by atoms with van der Waals surface area (Å²) in [7, 11) is 0. The van der Waals surface area contributed by atoms with Crippen molar-refractivity contribution in [3.05, 3.63) is 6.33 Å². The Hall–Kier alpha value is -1.99. The Bertz CT molecular complexity index is 503. The lowest BCUT2D eigenvalue weighted by Crippen LogP contribution is -2.50. The largest absolute Gasteiger partial charge is 0.341 e. The van der Waals surface area contributed by atoms with E-state index in [1.165, 1.54) is 6.33 Å². The molecular weight excluding hydrogens is 272 g/mol. The summed E-state index contributed by atoms with van der Waals surface area (Å²) >= 11 is 0. The van der Waals surface area contributed by atoms with Gasteiger partial charge in [0.2, 0.25) is 11.8 Å². The average Bonchev–Trinajstić information content (AvgIpc) is 3.16. The highest BCUT2D eigenvalue weighted by molar-refractivity contribution is 5.79.